The van der Waals surface area contributed by atoms with Crippen molar-refractivity contribution in [1.29, 1.82) is 0 Å². The molecule has 1 aliphatic rings. The van der Waals surface area contributed by atoms with Crippen molar-refractivity contribution in [3.63, 3.8) is 0 Å². The fraction of sp³-hybridized carbons (Fsp3) is 0.333. The van der Waals surface area contributed by atoms with Crippen LogP contribution >= 0.6 is 0 Å². The van der Waals surface area contributed by atoms with Crippen LogP contribution in [0.3, 0.4) is 0 Å². The summed E-state index contributed by atoms with van der Waals surface area (Å²) in [6, 6.07) is 13.9. The largest absolute Gasteiger partial charge is 0.573 e. The number of fused-ring (bicyclic) bond motifs is 1. The average Bonchev–Trinajstić information content (AvgIpc) is 3.11. The molecule has 184 valence electrons. The van der Waals surface area contributed by atoms with Crippen LogP contribution in [0.1, 0.15) is 48.9 Å². The number of aliphatic hydroxyl groups is 1. The van der Waals surface area contributed by atoms with Crippen LogP contribution in [0.25, 0.3) is 10.9 Å². The van der Waals surface area contributed by atoms with E-state index in [2.05, 4.69) is 14.7 Å². The number of nitrogens with zero attached hydrogens (tertiary/aromatic N) is 1. The van der Waals surface area contributed by atoms with E-state index in [0.29, 0.717) is 54.4 Å². The molecule has 0 bridgehead atoms. The third kappa shape index (κ3) is 5.58. The highest BCUT2D eigenvalue weighted by molar-refractivity contribution is 6.23. The van der Waals surface area contributed by atoms with Gasteiger partial charge in [0, 0.05) is 41.7 Å². The summed E-state index contributed by atoms with van der Waals surface area (Å²) < 4.78 is 42.0. The number of aliphatic imine (C=N–C) groups is 1. The molecule has 2 aromatic carbocycles. The number of aliphatic hydroxyl groups excluding tert-OH is 1. The number of carbonyl (C=O) groups is 1. The lowest BCUT2D eigenvalue weighted by Gasteiger charge is -2.24. The maximum Gasteiger partial charge on any atom is 0.573 e. The quantitative estimate of drug-likeness (QED) is 0.365. The van der Waals surface area contributed by atoms with E-state index in [4.69, 9.17) is 0 Å². The smallest absolute Gasteiger partial charge is 0.511 e. The summed E-state index contributed by atoms with van der Waals surface area (Å²) in [5, 5.41) is 11.4. The zero-order valence-corrected chi connectivity index (χ0v) is 19.6. The zero-order valence-electron chi connectivity index (χ0n) is 19.6. The van der Waals surface area contributed by atoms with Crippen molar-refractivity contribution in [2.24, 2.45) is 4.99 Å². The van der Waals surface area contributed by atoms with Crippen molar-refractivity contribution in [3.05, 3.63) is 76.7 Å². The number of aryl methyl sites for hydroxylation is 1. The first kappa shape index (κ1) is 24.6. The Bertz CT molecular complexity index is 1290. The standard InChI is InChI=1S/C27H27F3N2O3/c1-3-22(26-24(33)13-18(14-25(26)34)17-7-5-4-6-8-17)31-12-11-20-16(2)32-23-10-9-19(15-21(20)23)35-27(28,29)30/h4-10,15,18,32-33H,3,11-14H2,1-2H3. The number of carbonyl (C=O) groups excluding carboxylic acids is 1. The number of halogens is 3. The van der Waals surface area contributed by atoms with Crippen LogP contribution < -0.4 is 4.74 Å². The summed E-state index contributed by atoms with van der Waals surface area (Å²) in [6.45, 7) is 4.06. The lowest BCUT2D eigenvalue weighted by Crippen LogP contribution is -2.23. The van der Waals surface area contributed by atoms with E-state index in [-0.39, 0.29) is 23.2 Å². The molecule has 0 spiro atoms. The number of ether oxygens (including phenoxy) is 1. The molecule has 0 amide bonds. The van der Waals surface area contributed by atoms with Gasteiger partial charge in [-0.2, -0.15) is 0 Å². The molecule has 2 N–H and O–H groups in total. The molecule has 0 aliphatic heterocycles. The summed E-state index contributed by atoms with van der Waals surface area (Å²) >= 11 is 0. The van der Waals surface area contributed by atoms with Crippen LogP contribution in [0, 0.1) is 6.92 Å². The zero-order chi connectivity index (χ0) is 25.2. The average molecular weight is 485 g/mol. The van der Waals surface area contributed by atoms with E-state index in [9.17, 15) is 23.1 Å². The highest BCUT2D eigenvalue weighted by Crippen LogP contribution is 2.34. The summed E-state index contributed by atoms with van der Waals surface area (Å²) in [5.74, 6) is -0.403. The Morgan fingerprint density at radius 1 is 1.17 bits per heavy atom. The molecule has 1 aromatic heterocycles. The molecular weight excluding hydrogens is 457 g/mol. The summed E-state index contributed by atoms with van der Waals surface area (Å²) in [4.78, 5) is 20.8. The maximum atomic E-state index is 13.0. The van der Waals surface area contributed by atoms with Crippen LogP contribution in [-0.2, 0) is 11.2 Å². The predicted molar refractivity (Wildman–Crippen MR) is 129 cm³/mol. The Kier molecular flexibility index (Phi) is 7.00. The fourth-order valence-electron chi connectivity index (χ4n) is 4.73. The molecule has 0 saturated carbocycles. The lowest BCUT2D eigenvalue weighted by atomic mass is 9.81. The number of Topliss-reactive ketones (excluding diaryl/α,β-unsaturated/α-hetero) is 1. The number of benzene rings is 2. The second-order valence-corrected chi connectivity index (χ2v) is 8.68. The minimum absolute atomic E-state index is 0.0625. The van der Waals surface area contributed by atoms with Gasteiger partial charge in [-0.15, -0.1) is 13.2 Å². The van der Waals surface area contributed by atoms with E-state index in [1.54, 1.807) is 6.07 Å². The number of allylic oxidation sites excluding steroid dienone is 2. The van der Waals surface area contributed by atoms with Gasteiger partial charge in [-0.3, -0.25) is 9.79 Å². The van der Waals surface area contributed by atoms with Crippen LogP contribution in [0.15, 0.2) is 64.9 Å². The normalized spacial score (nSPS) is 17.3. The number of hydrogen-bond acceptors (Lipinski definition) is 4. The number of H-pyrrole nitrogens is 1. The molecule has 1 heterocycles. The van der Waals surface area contributed by atoms with Gasteiger partial charge in [-0.05, 0) is 55.0 Å². The molecule has 0 fully saturated rings. The summed E-state index contributed by atoms with van der Waals surface area (Å²) in [6.07, 6.45) is -3.13. The number of ketones is 1. The van der Waals surface area contributed by atoms with Crippen molar-refractivity contribution in [1.82, 2.24) is 4.98 Å². The van der Waals surface area contributed by atoms with E-state index in [1.807, 2.05) is 44.2 Å². The van der Waals surface area contributed by atoms with Crippen molar-refractivity contribution in [2.45, 2.75) is 51.8 Å². The van der Waals surface area contributed by atoms with Gasteiger partial charge in [0.05, 0.1) is 5.57 Å². The van der Waals surface area contributed by atoms with Gasteiger partial charge < -0.3 is 14.8 Å². The lowest BCUT2D eigenvalue weighted by molar-refractivity contribution is -0.274. The van der Waals surface area contributed by atoms with E-state index >= 15 is 0 Å². The second kappa shape index (κ2) is 9.98. The summed E-state index contributed by atoms with van der Waals surface area (Å²) in [7, 11) is 0. The van der Waals surface area contributed by atoms with Gasteiger partial charge >= 0.3 is 6.36 Å². The number of nitrogens with one attached hydrogen (secondary N) is 1. The number of aromatic amines is 1. The van der Waals surface area contributed by atoms with E-state index in [0.717, 1.165) is 16.8 Å². The molecule has 5 nitrogen and oxygen atoms in total. The van der Waals surface area contributed by atoms with Gasteiger partial charge in [0.1, 0.15) is 11.5 Å². The van der Waals surface area contributed by atoms with Crippen LogP contribution in [0.2, 0.25) is 0 Å². The minimum Gasteiger partial charge on any atom is -0.511 e. The monoisotopic (exact) mass is 484 g/mol. The topological polar surface area (TPSA) is 74.7 Å². The van der Waals surface area contributed by atoms with E-state index < -0.39 is 6.36 Å². The number of alkyl halides is 3. The van der Waals surface area contributed by atoms with Crippen LogP contribution in [0.4, 0.5) is 13.2 Å². The van der Waals surface area contributed by atoms with Gasteiger partial charge in [0.25, 0.3) is 0 Å². The first-order valence-electron chi connectivity index (χ1n) is 11.6. The Labute approximate surface area is 201 Å². The van der Waals surface area contributed by atoms with Gasteiger partial charge in [0.2, 0.25) is 0 Å². The summed E-state index contributed by atoms with van der Waals surface area (Å²) in [5.41, 5.74) is 4.25. The van der Waals surface area contributed by atoms with Crippen molar-refractivity contribution < 1.29 is 27.8 Å². The fourth-order valence-corrected chi connectivity index (χ4v) is 4.73. The molecule has 1 unspecified atom stereocenters. The van der Waals surface area contributed by atoms with E-state index in [1.165, 1.54) is 12.1 Å². The molecule has 8 heteroatoms. The Morgan fingerprint density at radius 3 is 2.57 bits per heavy atom. The Hall–Kier alpha value is -3.55. The maximum absolute atomic E-state index is 13.0. The predicted octanol–water partition coefficient (Wildman–Crippen LogP) is 6.73. The Morgan fingerprint density at radius 2 is 1.91 bits per heavy atom. The highest BCUT2D eigenvalue weighted by atomic mass is 19.4. The molecule has 4 rings (SSSR count). The first-order valence-corrected chi connectivity index (χ1v) is 11.6. The second-order valence-electron chi connectivity index (χ2n) is 8.68. The molecule has 1 atom stereocenters. The van der Waals surface area contributed by atoms with Crippen molar-refractivity contribution in [2.75, 3.05) is 6.54 Å². The first-order chi connectivity index (χ1) is 16.7. The molecule has 1 aliphatic carbocycles. The van der Waals surface area contributed by atoms with Crippen LogP contribution in [0.5, 0.6) is 5.75 Å². The SMILES string of the molecule is CCC(=NCCc1c(C)[nH]c2ccc(OC(F)(F)F)cc12)C1=C(O)CC(c2ccccc2)CC1=O. The van der Waals surface area contributed by atoms with Crippen LogP contribution in [-0.4, -0.2) is 34.5 Å². The number of hydrogen-bond donors (Lipinski definition) is 2. The van der Waals surface area contributed by atoms with Gasteiger partial charge in [0.15, 0.2) is 5.78 Å². The third-order valence-corrected chi connectivity index (χ3v) is 6.32. The van der Waals surface area contributed by atoms with Gasteiger partial charge in [-0.1, -0.05) is 37.3 Å². The molecule has 0 saturated heterocycles. The molecule has 0 radical (unpaired) electrons. The number of aromatic nitrogens is 1. The minimum atomic E-state index is -4.76. The number of rotatable bonds is 7. The Balaban J connectivity index is 1.54. The molecular formula is C27H27F3N2O3. The molecule has 3 aromatic rings. The van der Waals surface area contributed by atoms with Gasteiger partial charge in [-0.25, -0.2) is 0 Å². The molecule has 35 heavy (non-hydrogen) atoms. The highest BCUT2D eigenvalue weighted by Gasteiger charge is 2.32. The third-order valence-electron chi connectivity index (χ3n) is 6.32. The van der Waals surface area contributed by atoms with Crippen molar-refractivity contribution >= 4 is 22.4 Å². The van der Waals surface area contributed by atoms with Crippen molar-refractivity contribution in [3.8, 4) is 5.75 Å².